The molecule has 1 N–H and O–H groups in total. The van der Waals surface area contributed by atoms with Crippen LogP contribution in [-0.2, 0) is 17.6 Å². The van der Waals surface area contributed by atoms with Gasteiger partial charge in [-0.3, -0.25) is 4.79 Å². The van der Waals surface area contributed by atoms with Crippen LogP contribution in [0.25, 0.3) is 0 Å². The monoisotopic (exact) mass is 459 g/mol. The number of alkyl halides is 2. The second-order valence-corrected chi connectivity index (χ2v) is 7.78. The number of thiophene rings is 1. The van der Waals surface area contributed by atoms with E-state index in [1.54, 1.807) is 6.92 Å². The fourth-order valence-electron chi connectivity index (χ4n) is 2.96. The number of amides is 1. The maximum atomic E-state index is 12.7. The molecule has 9 heteroatoms. The SMILES string of the molecule is CCOC(=O)c1c(NC(=O)c2cc(Br)ccc2OC(F)F)sc2c1CCC2. The van der Waals surface area contributed by atoms with Crippen molar-refractivity contribution in [3.8, 4) is 5.75 Å². The lowest BCUT2D eigenvalue weighted by Crippen LogP contribution is -2.17. The molecule has 0 radical (unpaired) electrons. The zero-order chi connectivity index (χ0) is 19.6. The maximum absolute atomic E-state index is 12.7. The minimum absolute atomic E-state index is 0.0620. The number of hydrogen-bond donors (Lipinski definition) is 1. The summed E-state index contributed by atoms with van der Waals surface area (Å²) in [5, 5.41) is 3.04. The number of fused-ring (bicyclic) bond motifs is 1. The topological polar surface area (TPSA) is 64.6 Å². The van der Waals surface area contributed by atoms with E-state index in [0.717, 1.165) is 29.7 Å². The van der Waals surface area contributed by atoms with E-state index in [9.17, 15) is 18.4 Å². The first-order valence-corrected chi connectivity index (χ1v) is 9.89. The number of rotatable bonds is 6. The summed E-state index contributed by atoms with van der Waals surface area (Å²) in [5.41, 5.74) is 1.19. The van der Waals surface area contributed by atoms with Crippen molar-refractivity contribution in [2.75, 3.05) is 11.9 Å². The van der Waals surface area contributed by atoms with Crippen LogP contribution in [-0.4, -0.2) is 25.1 Å². The molecule has 0 atom stereocenters. The van der Waals surface area contributed by atoms with Gasteiger partial charge in [0.15, 0.2) is 0 Å². The fraction of sp³-hybridized carbons (Fsp3) is 0.333. The van der Waals surface area contributed by atoms with Gasteiger partial charge >= 0.3 is 12.6 Å². The van der Waals surface area contributed by atoms with Crippen molar-refractivity contribution < 1.29 is 27.8 Å². The molecular formula is C18H16BrF2NO4S. The summed E-state index contributed by atoms with van der Waals surface area (Å²) in [6.07, 6.45) is 2.52. The van der Waals surface area contributed by atoms with Crippen LogP contribution >= 0.6 is 27.3 Å². The Bertz CT molecular complexity index is 884. The number of halogens is 3. The highest BCUT2D eigenvalue weighted by molar-refractivity contribution is 9.10. The van der Waals surface area contributed by atoms with Gasteiger partial charge in [0.2, 0.25) is 0 Å². The van der Waals surface area contributed by atoms with Gasteiger partial charge in [0.1, 0.15) is 10.8 Å². The van der Waals surface area contributed by atoms with E-state index in [-0.39, 0.29) is 17.9 Å². The molecule has 2 aromatic rings. The quantitative estimate of drug-likeness (QED) is 0.615. The summed E-state index contributed by atoms with van der Waals surface area (Å²) in [5.74, 6) is -1.38. The van der Waals surface area contributed by atoms with Gasteiger partial charge < -0.3 is 14.8 Å². The van der Waals surface area contributed by atoms with Crippen LogP contribution in [0.5, 0.6) is 5.75 Å². The third-order valence-corrected chi connectivity index (χ3v) is 5.73. The first-order chi connectivity index (χ1) is 12.9. The zero-order valence-electron chi connectivity index (χ0n) is 14.3. The predicted octanol–water partition coefficient (Wildman–Crippen LogP) is 5.03. The van der Waals surface area contributed by atoms with E-state index in [1.807, 2.05) is 0 Å². The molecule has 1 heterocycles. The van der Waals surface area contributed by atoms with Gasteiger partial charge in [-0.1, -0.05) is 15.9 Å². The number of carbonyl (C=O) groups excluding carboxylic acids is 2. The lowest BCUT2D eigenvalue weighted by atomic mass is 10.1. The van der Waals surface area contributed by atoms with E-state index in [1.165, 1.54) is 29.5 Å². The van der Waals surface area contributed by atoms with E-state index in [4.69, 9.17) is 4.74 Å². The number of carbonyl (C=O) groups is 2. The molecule has 0 aliphatic heterocycles. The molecule has 5 nitrogen and oxygen atoms in total. The van der Waals surface area contributed by atoms with Crippen molar-refractivity contribution in [2.24, 2.45) is 0 Å². The minimum atomic E-state index is -3.06. The van der Waals surface area contributed by atoms with Gasteiger partial charge in [0.05, 0.1) is 17.7 Å². The Morgan fingerprint density at radius 1 is 1.33 bits per heavy atom. The molecule has 27 heavy (non-hydrogen) atoms. The molecule has 1 aromatic heterocycles. The van der Waals surface area contributed by atoms with E-state index < -0.39 is 18.5 Å². The lowest BCUT2D eigenvalue weighted by molar-refractivity contribution is -0.0501. The maximum Gasteiger partial charge on any atom is 0.387 e. The highest BCUT2D eigenvalue weighted by Crippen LogP contribution is 2.40. The molecule has 1 aliphatic rings. The first-order valence-electron chi connectivity index (χ1n) is 8.28. The van der Waals surface area contributed by atoms with Crippen molar-refractivity contribution in [2.45, 2.75) is 32.8 Å². The van der Waals surface area contributed by atoms with Gasteiger partial charge in [-0.2, -0.15) is 8.78 Å². The molecular weight excluding hydrogens is 444 g/mol. The Morgan fingerprint density at radius 3 is 2.81 bits per heavy atom. The van der Waals surface area contributed by atoms with Gasteiger partial charge in [0.25, 0.3) is 5.91 Å². The highest BCUT2D eigenvalue weighted by Gasteiger charge is 2.29. The fourth-order valence-corrected chi connectivity index (χ4v) is 4.59. The molecule has 0 saturated heterocycles. The molecule has 3 rings (SSSR count). The highest BCUT2D eigenvalue weighted by atomic mass is 79.9. The normalized spacial score (nSPS) is 12.8. The summed E-state index contributed by atoms with van der Waals surface area (Å²) in [6, 6.07) is 4.17. The van der Waals surface area contributed by atoms with E-state index in [0.29, 0.717) is 15.0 Å². The summed E-state index contributed by atoms with van der Waals surface area (Å²) < 4.78 is 35.4. The van der Waals surface area contributed by atoms with Crippen molar-refractivity contribution in [1.82, 2.24) is 0 Å². The van der Waals surface area contributed by atoms with Crippen molar-refractivity contribution >= 4 is 44.1 Å². The summed E-state index contributed by atoms with van der Waals surface area (Å²) in [7, 11) is 0. The van der Waals surface area contributed by atoms with Crippen LogP contribution in [0.1, 0.15) is 44.5 Å². The largest absolute Gasteiger partial charge is 0.462 e. The smallest absolute Gasteiger partial charge is 0.387 e. The number of hydrogen-bond acceptors (Lipinski definition) is 5. The number of esters is 1. The summed E-state index contributed by atoms with van der Waals surface area (Å²) in [6.45, 7) is -1.13. The Balaban J connectivity index is 1.93. The Hall–Kier alpha value is -2.00. The molecule has 1 amide bonds. The number of ether oxygens (including phenoxy) is 2. The lowest BCUT2D eigenvalue weighted by Gasteiger charge is -2.12. The average molecular weight is 460 g/mol. The third-order valence-electron chi connectivity index (χ3n) is 4.03. The van der Waals surface area contributed by atoms with Crippen LogP contribution in [0.2, 0.25) is 0 Å². The van der Waals surface area contributed by atoms with Crippen LogP contribution < -0.4 is 10.1 Å². The predicted molar refractivity (Wildman–Crippen MR) is 101 cm³/mol. The van der Waals surface area contributed by atoms with Gasteiger partial charge in [-0.05, 0) is 49.9 Å². The molecule has 144 valence electrons. The van der Waals surface area contributed by atoms with Crippen molar-refractivity contribution in [1.29, 1.82) is 0 Å². The van der Waals surface area contributed by atoms with Crippen molar-refractivity contribution in [3.63, 3.8) is 0 Å². The molecule has 0 fully saturated rings. The van der Waals surface area contributed by atoms with Gasteiger partial charge in [-0.15, -0.1) is 11.3 Å². The minimum Gasteiger partial charge on any atom is -0.462 e. The number of anilines is 1. The Labute approximate surface area is 166 Å². The van der Waals surface area contributed by atoms with Crippen LogP contribution in [0, 0.1) is 0 Å². The number of aryl methyl sites for hydroxylation is 1. The van der Waals surface area contributed by atoms with Crippen molar-refractivity contribution in [3.05, 3.63) is 44.2 Å². The zero-order valence-corrected chi connectivity index (χ0v) is 16.7. The van der Waals surface area contributed by atoms with Crippen LogP contribution in [0.15, 0.2) is 22.7 Å². The van der Waals surface area contributed by atoms with E-state index in [2.05, 4.69) is 26.0 Å². The Kier molecular flexibility index (Phi) is 6.11. The first kappa shape index (κ1) is 19.8. The third kappa shape index (κ3) is 4.30. The number of nitrogens with one attached hydrogen (secondary N) is 1. The molecule has 0 unspecified atom stereocenters. The van der Waals surface area contributed by atoms with Gasteiger partial charge in [0, 0.05) is 9.35 Å². The second kappa shape index (κ2) is 8.35. The summed E-state index contributed by atoms with van der Waals surface area (Å²) >= 11 is 4.53. The molecule has 1 aromatic carbocycles. The molecule has 0 bridgehead atoms. The van der Waals surface area contributed by atoms with E-state index >= 15 is 0 Å². The molecule has 0 saturated carbocycles. The number of benzene rings is 1. The average Bonchev–Trinajstić information content (AvgIpc) is 3.16. The van der Waals surface area contributed by atoms with Crippen LogP contribution in [0.4, 0.5) is 13.8 Å². The molecule has 1 aliphatic carbocycles. The van der Waals surface area contributed by atoms with Crippen LogP contribution in [0.3, 0.4) is 0 Å². The standard InChI is InChI=1S/C18H16BrF2NO4S/c1-2-25-17(24)14-10-4-3-5-13(10)27-16(14)22-15(23)11-8-9(19)6-7-12(11)26-18(20)21/h6-8,18H,2-5H2,1H3,(H,22,23). The second-order valence-electron chi connectivity index (χ2n) is 5.76. The molecule has 0 spiro atoms. The summed E-state index contributed by atoms with van der Waals surface area (Å²) in [4.78, 5) is 26.1. The van der Waals surface area contributed by atoms with Gasteiger partial charge in [-0.25, -0.2) is 4.79 Å². The Morgan fingerprint density at radius 2 is 2.11 bits per heavy atom.